The highest BCUT2D eigenvalue weighted by Gasteiger charge is 2.18. The molecular formula is C13H11N3O2. The SMILES string of the molecule is COc1nccc(-c2ccc3c(c2)CC(=O)N3)n1. The minimum atomic E-state index is 0.0300. The van der Waals surface area contributed by atoms with E-state index < -0.39 is 0 Å². The molecule has 3 rings (SSSR count). The van der Waals surface area contributed by atoms with Crippen LogP contribution in [0.25, 0.3) is 11.3 Å². The van der Waals surface area contributed by atoms with Crippen molar-refractivity contribution in [3.8, 4) is 17.3 Å². The molecule has 0 saturated carbocycles. The van der Waals surface area contributed by atoms with Crippen LogP contribution in [0.5, 0.6) is 6.01 Å². The Morgan fingerprint density at radius 1 is 1.33 bits per heavy atom. The average molecular weight is 241 g/mol. The maximum absolute atomic E-state index is 11.3. The molecule has 5 heteroatoms. The molecule has 1 aliphatic heterocycles. The van der Waals surface area contributed by atoms with E-state index in [1.165, 1.54) is 7.11 Å². The summed E-state index contributed by atoms with van der Waals surface area (Å²) >= 11 is 0. The van der Waals surface area contributed by atoms with Gasteiger partial charge in [0, 0.05) is 17.4 Å². The molecule has 0 bridgehead atoms. The summed E-state index contributed by atoms with van der Waals surface area (Å²) in [6.07, 6.45) is 2.07. The topological polar surface area (TPSA) is 64.1 Å². The second-order valence-electron chi connectivity index (χ2n) is 4.03. The molecule has 2 aromatic rings. The molecule has 0 unspecified atom stereocenters. The Hall–Kier alpha value is -2.43. The second-order valence-corrected chi connectivity index (χ2v) is 4.03. The van der Waals surface area contributed by atoms with Gasteiger partial charge in [0.05, 0.1) is 19.2 Å². The molecule has 90 valence electrons. The number of benzene rings is 1. The lowest BCUT2D eigenvalue weighted by molar-refractivity contribution is -0.115. The van der Waals surface area contributed by atoms with Crippen LogP contribution in [0.1, 0.15) is 5.56 Å². The molecule has 0 spiro atoms. The van der Waals surface area contributed by atoms with E-state index in [9.17, 15) is 4.79 Å². The van der Waals surface area contributed by atoms with Gasteiger partial charge in [-0.15, -0.1) is 0 Å². The second kappa shape index (κ2) is 4.10. The lowest BCUT2D eigenvalue weighted by Gasteiger charge is -2.04. The highest BCUT2D eigenvalue weighted by Crippen LogP contribution is 2.28. The molecule has 18 heavy (non-hydrogen) atoms. The van der Waals surface area contributed by atoms with Gasteiger partial charge in [-0.2, -0.15) is 4.98 Å². The van der Waals surface area contributed by atoms with Gasteiger partial charge in [-0.1, -0.05) is 6.07 Å². The number of fused-ring (bicyclic) bond motifs is 1. The number of hydrogen-bond donors (Lipinski definition) is 1. The van der Waals surface area contributed by atoms with Gasteiger partial charge < -0.3 is 10.1 Å². The van der Waals surface area contributed by atoms with Crippen molar-refractivity contribution < 1.29 is 9.53 Å². The summed E-state index contributed by atoms with van der Waals surface area (Å²) in [5, 5.41) is 2.80. The van der Waals surface area contributed by atoms with Crippen molar-refractivity contribution >= 4 is 11.6 Å². The summed E-state index contributed by atoms with van der Waals surface area (Å²) in [7, 11) is 1.53. The van der Waals surface area contributed by atoms with E-state index in [4.69, 9.17) is 4.74 Å². The van der Waals surface area contributed by atoms with Crippen molar-refractivity contribution in [3.63, 3.8) is 0 Å². The van der Waals surface area contributed by atoms with Crippen molar-refractivity contribution in [1.82, 2.24) is 9.97 Å². The number of rotatable bonds is 2. The predicted octanol–water partition coefficient (Wildman–Crippen LogP) is 1.65. The molecule has 0 saturated heterocycles. The zero-order chi connectivity index (χ0) is 12.5. The fraction of sp³-hybridized carbons (Fsp3) is 0.154. The van der Waals surface area contributed by atoms with E-state index in [0.717, 1.165) is 22.5 Å². The minimum Gasteiger partial charge on any atom is -0.467 e. The molecule has 0 fully saturated rings. The Labute approximate surface area is 104 Å². The molecule has 1 amide bonds. The van der Waals surface area contributed by atoms with E-state index in [0.29, 0.717) is 12.4 Å². The van der Waals surface area contributed by atoms with Crippen LogP contribution in [-0.4, -0.2) is 23.0 Å². The first-order valence-electron chi connectivity index (χ1n) is 5.56. The van der Waals surface area contributed by atoms with Gasteiger partial charge in [-0.3, -0.25) is 4.79 Å². The molecule has 0 atom stereocenters. The fourth-order valence-corrected chi connectivity index (χ4v) is 1.99. The van der Waals surface area contributed by atoms with E-state index in [2.05, 4.69) is 15.3 Å². The summed E-state index contributed by atoms with van der Waals surface area (Å²) < 4.78 is 5.00. The van der Waals surface area contributed by atoms with Gasteiger partial charge in [-0.05, 0) is 23.8 Å². The van der Waals surface area contributed by atoms with Gasteiger partial charge in [0.15, 0.2) is 0 Å². The molecule has 0 aliphatic carbocycles. The molecule has 1 N–H and O–H groups in total. The quantitative estimate of drug-likeness (QED) is 0.868. The fourth-order valence-electron chi connectivity index (χ4n) is 1.99. The smallest absolute Gasteiger partial charge is 0.316 e. The van der Waals surface area contributed by atoms with E-state index in [1.807, 2.05) is 24.3 Å². The van der Waals surface area contributed by atoms with Crippen LogP contribution >= 0.6 is 0 Å². The third kappa shape index (κ3) is 1.79. The zero-order valence-electron chi connectivity index (χ0n) is 9.80. The predicted molar refractivity (Wildman–Crippen MR) is 66.4 cm³/mol. The molecule has 0 radical (unpaired) electrons. The highest BCUT2D eigenvalue weighted by atomic mass is 16.5. The largest absolute Gasteiger partial charge is 0.467 e. The van der Waals surface area contributed by atoms with Crippen molar-refractivity contribution in [2.75, 3.05) is 12.4 Å². The van der Waals surface area contributed by atoms with E-state index >= 15 is 0 Å². The van der Waals surface area contributed by atoms with Crippen LogP contribution < -0.4 is 10.1 Å². The van der Waals surface area contributed by atoms with Crippen molar-refractivity contribution in [2.24, 2.45) is 0 Å². The highest BCUT2D eigenvalue weighted by molar-refractivity contribution is 5.99. The first-order chi connectivity index (χ1) is 8.76. The molecule has 1 aromatic heterocycles. The number of nitrogens with one attached hydrogen (secondary N) is 1. The van der Waals surface area contributed by atoms with Gasteiger partial charge >= 0.3 is 6.01 Å². The Morgan fingerprint density at radius 2 is 2.22 bits per heavy atom. The van der Waals surface area contributed by atoms with E-state index in [1.54, 1.807) is 6.20 Å². The molecule has 2 heterocycles. The number of carbonyl (C=O) groups excluding carboxylic acids is 1. The van der Waals surface area contributed by atoms with Crippen molar-refractivity contribution in [1.29, 1.82) is 0 Å². The maximum atomic E-state index is 11.3. The van der Waals surface area contributed by atoms with Crippen molar-refractivity contribution in [2.45, 2.75) is 6.42 Å². The third-order valence-corrected chi connectivity index (χ3v) is 2.84. The van der Waals surface area contributed by atoms with Crippen LogP contribution in [0.4, 0.5) is 5.69 Å². The summed E-state index contributed by atoms with van der Waals surface area (Å²) in [5.41, 5.74) is 3.61. The van der Waals surface area contributed by atoms with Crippen LogP contribution in [-0.2, 0) is 11.2 Å². The summed E-state index contributed by atoms with van der Waals surface area (Å²) in [6.45, 7) is 0. The molecule has 1 aliphatic rings. The molecule has 1 aromatic carbocycles. The zero-order valence-corrected chi connectivity index (χ0v) is 9.80. The monoisotopic (exact) mass is 241 g/mol. The van der Waals surface area contributed by atoms with E-state index in [-0.39, 0.29) is 5.91 Å². The first-order valence-corrected chi connectivity index (χ1v) is 5.56. The number of amides is 1. The van der Waals surface area contributed by atoms with Gasteiger partial charge in [0.25, 0.3) is 0 Å². The lowest BCUT2D eigenvalue weighted by Crippen LogP contribution is -2.03. The first kappa shape index (κ1) is 10.7. The number of nitrogens with zero attached hydrogens (tertiary/aromatic N) is 2. The average Bonchev–Trinajstić information content (AvgIpc) is 2.77. The molecular weight excluding hydrogens is 230 g/mol. The number of anilines is 1. The minimum absolute atomic E-state index is 0.0300. The van der Waals surface area contributed by atoms with Crippen molar-refractivity contribution in [3.05, 3.63) is 36.0 Å². The summed E-state index contributed by atoms with van der Waals surface area (Å²) in [4.78, 5) is 19.5. The Bertz CT molecular complexity index is 625. The van der Waals surface area contributed by atoms with Crippen LogP contribution in [0.2, 0.25) is 0 Å². The summed E-state index contributed by atoms with van der Waals surface area (Å²) in [5.74, 6) is 0.0300. The van der Waals surface area contributed by atoms with Gasteiger partial charge in [0.2, 0.25) is 5.91 Å². The number of ether oxygens (including phenoxy) is 1. The Balaban J connectivity index is 2.02. The van der Waals surface area contributed by atoms with Gasteiger partial charge in [-0.25, -0.2) is 4.98 Å². The Morgan fingerprint density at radius 3 is 3.06 bits per heavy atom. The van der Waals surface area contributed by atoms with Crippen LogP contribution in [0, 0.1) is 0 Å². The number of methoxy groups -OCH3 is 1. The molecule has 5 nitrogen and oxygen atoms in total. The normalized spacial score (nSPS) is 13.1. The Kier molecular flexibility index (Phi) is 2.44. The number of hydrogen-bond acceptors (Lipinski definition) is 4. The standard InChI is InChI=1S/C13H11N3O2/c1-18-13-14-5-4-11(16-13)8-2-3-10-9(6-8)7-12(17)15-10/h2-6H,7H2,1H3,(H,15,17). The summed E-state index contributed by atoms with van der Waals surface area (Å²) in [6, 6.07) is 7.93. The van der Waals surface area contributed by atoms with Crippen LogP contribution in [0.15, 0.2) is 30.5 Å². The number of aromatic nitrogens is 2. The maximum Gasteiger partial charge on any atom is 0.316 e. The third-order valence-electron chi connectivity index (χ3n) is 2.84. The lowest BCUT2D eigenvalue weighted by atomic mass is 10.1. The number of carbonyl (C=O) groups is 1. The van der Waals surface area contributed by atoms with Gasteiger partial charge in [0.1, 0.15) is 0 Å². The van der Waals surface area contributed by atoms with Crippen LogP contribution in [0.3, 0.4) is 0 Å².